The molecule has 14 heteroatoms. The van der Waals surface area contributed by atoms with Crippen LogP contribution in [0.5, 0.6) is 23.0 Å². The molecule has 0 aliphatic carbocycles. The van der Waals surface area contributed by atoms with Crippen molar-refractivity contribution in [3.05, 3.63) is 96.1 Å². The first-order chi connectivity index (χ1) is 19.7. The van der Waals surface area contributed by atoms with Crippen LogP contribution < -0.4 is 19.3 Å². The number of imide groups is 2. The van der Waals surface area contributed by atoms with E-state index in [4.69, 9.17) is 9.47 Å². The van der Waals surface area contributed by atoms with Crippen molar-refractivity contribution in [2.24, 2.45) is 0 Å². The van der Waals surface area contributed by atoms with Gasteiger partial charge in [0.1, 0.15) is 11.5 Å². The Labute approximate surface area is 231 Å². The molecule has 214 valence electrons. The highest BCUT2D eigenvalue weighted by molar-refractivity contribution is 6.29. The minimum atomic E-state index is -5.00. The van der Waals surface area contributed by atoms with Crippen LogP contribution in [0.15, 0.2) is 85.0 Å². The molecule has 0 fully saturated rings. The lowest BCUT2D eigenvalue weighted by Gasteiger charge is -2.21. The summed E-state index contributed by atoms with van der Waals surface area (Å²) < 4.78 is 94.4. The Morgan fingerprint density at radius 2 is 0.833 bits per heavy atom. The molecule has 0 radical (unpaired) electrons. The van der Waals surface area contributed by atoms with Gasteiger partial charge in [-0.2, -0.15) is 26.3 Å². The van der Waals surface area contributed by atoms with Crippen molar-refractivity contribution in [1.82, 2.24) is 0 Å². The second kappa shape index (κ2) is 10.2. The molecule has 42 heavy (non-hydrogen) atoms. The van der Waals surface area contributed by atoms with Crippen LogP contribution >= 0.6 is 0 Å². The number of para-hydroxylation sites is 2. The Kier molecular flexibility index (Phi) is 6.84. The van der Waals surface area contributed by atoms with E-state index >= 15 is 0 Å². The SMILES string of the molecule is O=C1C=CC(=O)N1c1ccc(Oc2ccccc2Oc2ccc(N3C(=O)C=CC3=O)c(C(F)(F)F)c2)cc1C(F)(F)F. The van der Waals surface area contributed by atoms with E-state index in [0.717, 1.165) is 48.6 Å². The molecular formula is C28H14F6N2O6. The van der Waals surface area contributed by atoms with E-state index in [9.17, 15) is 45.5 Å². The summed E-state index contributed by atoms with van der Waals surface area (Å²) in [6.45, 7) is 0. The molecule has 4 amide bonds. The van der Waals surface area contributed by atoms with Crippen LogP contribution in [-0.4, -0.2) is 23.6 Å². The van der Waals surface area contributed by atoms with Gasteiger partial charge in [0.05, 0.1) is 22.5 Å². The fourth-order valence-corrected chi connectivity index (χ4v) is 4.15. The molecule has 0 saturated heterocycles. The molecule has 0 spiro atoms. The summed E-state index contributed by atoms with van der Waals surface area (Å²) in [6, 6.07) is 10.4. The molecule has 0 unspecified atom stereocenters. The van der Waals surface area contributed by atoms with E-state index < -0.39 is 58.5 Å². The third kappa shape index (κ3) is 5.33. The Morgan fingerprint density at radius 1 is 0.500 bits per heavy atom. The van der Waals surface area contributed by atoms with Crippen molar-refractivity contribution in [2.45, 2.75) is 12.4 Å². The summed E-state index contributed by atoms with van der Waals surface area (Å²) in [6.07, 6.45) is -6.69. The predicted molar refractivity (Wildman–Crippen MR) is 133 cm³/mol. The maximum atomic E-state index is 13.9. The Balaban J connectivity index is 1.47. The maximum absolute atomic E-state index is 13.9. The van der Waals surface area contributed by atoms with Crippen LogP contribution in [0.2, 0.25) is 0 Å². The third-order valence-electron chi connectivity index (χ3n) is 5.95. The van der Waals surface area contributed by atoms with E-state index in [1.54, 1.807) is 0 Å². The topological polar surface area (TPSA) is 93.2 Å². The molecule has 0 bridgehead atoms. The summed E-state index contributed by atoms with van der Waals surface area (Å²) in [5.74, 6) is -5.01. The molecule has 8 nitrogen and oxygen atoms in total. The number of hydrogen-bond acceptors (Lipinski definition) is 6. The minimum absolute atomic E-state index is 0.194. The Morgan fingerprint density at radius 3 is 1.14 bits per heavy atom. The number of benzene rings is 3. The average Bonchev–Trinajstić information content (AvgIpc) is 3.43. The maximum Gasteiger partial charge on any atom is 0.418 e. The summed E-state index contributed by atoms with van der Waals surface area (Å²) in [4.78, 5) is 48.6. The molecule has 0 aromatic heterocycles. The number of nitrogens with zero attached hydrogens (tertiary/aromatic N) is 2. The number of halogens is 6. The van der Waals surface area contributed by atoms with Gasteiger partial charge in [-0.3, -0.25) is 19.2 Å². The van der Waals surface area contributed by atoms with Gasteiger partial charge in [0.25, 0.3) is 23.6 Å². The van der Waals surface area contributed by atoms with Crippen LogP contribution in [-0.2, 0) is 31.5 Å². The first-order valence-electron chi connectivity index (χ1n) is 11.7. The van der Waals surface area contributed by atoms with Crippen molar-refractivity contribution >= 4 is 35.0 Å². The summed E-state index contributed by atoms with van der Waals surface area (Å²) in [7, 11) is 0. The minimum Gasteiger partial charge on any atom is -0.453 e. The highest BCUT2D eigenvalue weighted by Gasteiger charge is 2.40. The van der Waals surface area contributed by atoms with Crippen molar-refractivity contribution < 1.29 is 55.0 Å². The number of anilines is 2. The van der Waals surface area contributed by atoms with Gasteiger partial charge in [-0.25, -0.2) is 9.80 Å². The molecule has 3 aromatic carbocycles. The molecule has 2 aliphatic heterocycles. The zero-order chi connectivity index (χ0) is 30.4. The molecule has 0 saturated carbocycles. The van der Waals surface area contributed by atoms with Gasteiger partial charge in [-0.05, 0) is 48.5 Å². The van der Waals surface area contributed by atoms with E-state index in [-0.39, 0.29) is 23.0 Å². The number of rotatable bonds is 6. The van der Waals surface area contributed by atoms with Crippen molar-refractivity contribution in [1.29, 1.82) is 0 Å². The monoisotopic (exact) mass is 588 g/mol. The average molecular weight is 588 g/mol. The van der Waals surface area contributed by atoms with Crippen LogP contribution in [0, 0.1) is 0 Å². The van der Waals surface area contributed by atoms with E-state index in [0.29, 0.717) is 21.9 Å². The molecule has 5 rings (SSSR count). The first kappa shape index (κ1) is 28.1. The predicted octanol–water partition coefficient (Wildman–Crippen LogP) is 6.17. The molecule has 0 N–H and O–H groups in total. The smallest absolute Gasteiger partial charge is 0.418 e. The normalized spacial score (nSPS) is 15.3. The Hall–Kier alpha value is -5.40. The third-order valence-corrected chi connectivity index (χ3v) is 5.95. The van der Waals surface area contributed by atoms with E-state index in [1.807, 2.05) is 0 Å². The lowest BCUT2D eigenvalue weighted by Crippen LogP contribution is -2.31. The van der Waals surface area contributed by atoms with Crippen LogP contribution in [0.1, 0.15) is 11.1 Å². The zero-order valence-electron chi connectivity index (χ0n) is 20.7. The molecule has 2 aliphatic rings. The second-order valence-electron chi connectivity index (χ2n) is 8.69. The van der Waals surface area contributed by atoms with Gasteiger partial charge in [0.15, 0.2) is 11.5 Å². The summed E-state index contributed by atoms with van der Waals surface area (Å²) in [5, 5.41) is 0. The van der Waals surface area contributed by atoms with Crippen LogP contribution in [0.4, 0.5) is 37.7 Å². The zero-order valence-corrected chi connectivity index (χ0v) is 20.7. The van der Waals surface area contributed by atoms with Gasteiger partial charge >= 0.3 is 12.4 Å². The number of alkyl halides is 6. The van der Waals surface area contributed by atoms with Crippen LogP contribution in [0.3, 0.4) is 0 Å². The van der Waals surface area contributed by atoms with Crippen molar-refractivity contribution in [2.75, 3.05) is 9.80 Å². The lowest BCUT2D eigenvalue weighted by molar-refractivity contribution is -0.138. The molecule has 3 aromatic rings. The van der Waals surface area contributed by atoms with Gasteiger partial charge < -0.3 is 9.47 Å². The number of amides is 4. The van der Waals surface area contributed by atoms with Crippen LogP contribution in [0.25, 0.3) is 0 Å². The van der Waals surface area contributed by atoms with Gasteiger partial charge in [-0.15, -0.1) is 0 Å². The summed E-state index contributed by atoms with van der Waals surface area (Å²) >= 11 is 0. The lowest BCUT2D eigenvalue weighted by atomic mass is 10.1. The van der Waals surface area contributed by atoms with E-state index in [2.05, 4.69) is 0 Å². The first-order valence-corrected chi connectivity index (χ1v) is 11.7. The highest BCUT2D eigenvalue weighted by atomic mass is 19.4. The van der Waals surface area contributed by atoms with Gasteiger partial charge in [0.2, 0.25) is 0 Å². The molecule has 2 heterocycles. The van der Waals surface area contributed by atoms with Crippen molar-refractivity contribution in [3.63, 3.8) is 0 Å². The second-order valence-corrected chi connectivity index (χ2v) is 8.69. The number of carbonyl (C=O) groups excluding carboxylic acids is 4. The summed E-state index contributed by atoms with van der Waals surface area (Å²) in [5.41, 5.74) is -4.14. The highest BCUT2D eigenvalue weighted by Crippen LogP contribution is 2.44. The van der Waals surface area contributed by atoms with Gasteiger partial charge in [-0.1, -0.05) is 12.1 Å². The quantitative estimate of drug-likeness (QED) is 0.253. The van der Waals surface area contributed by atoms with Gasteiger partial charge in [0, 0.05) is 24.3 Å². The molecular weight excluding hydrogens is 574 g/mol. The Bertz CT molecular complexity index is 1550. The standard InChI is InChI=1S/C28H14F6N2O6/c29-27(30,31)17-13-15(5-7-19(17)35-23(37)9-10-24(35)38)41-21-3-1-2-4-22(21)42-16-6-8-20(18(14-16)28(32,33)34)36-25(39)11-12-26(36)40/h1-14H. The van der Waals surface area contributed by atoms with Crippen molar-refractivity contribution in [3.8, 4) is 23.0 Å². The fourth-order valence-electron chi connectivity index (χ4n) is 4.15. The number of ether oxygens (including phenoxy) is 2. The largest absolute Gasteiger partial charge is 0.453 e. The number of carbonyl (C=O) groups is 4. The fraction of sp³-hybridized carbons (Fsp3) is 0.0714. The number of hydrogen-bond donors (Lipinski definition) is 0. The molecule has 0 atom stereocenters. The van der Waals surface area contributed by atoms with E-state index in [1.165, 1.54) is 24.3 Å².